The molecule has 1 aliphatic heterocycles. The largest absolute Gasteiger partial charge is 0.481 e. The molecular weight excluding hydrogens is 485 g/mol. The number of anilines is 1. The van der Waals surface area contributed by atoms with Gasteiger partial charge in [0, 0.05) is 24.8 Å². The molecule has 2 aromatic carbocycles. The van der Waals surface area contributed by atoms with Crippen LogP contribution in [0.5, 0.6) is 5.88 Å². The molecule has 0 saturated carbocycles. The van der Waals surface area contributed by atoms with Crippen molar-refractivity contribution in [3.63, 3.8) is 0 Å². The van der Waals surface area contributed by atoms with Crippen molar-refractivity contribution in [2.45, 2.75) is 6.18 Å². The molecular formula is C27H23F3N4O3. The molecule has 0 bridgehead atoms. The van der Waals surface area contributed by atoms with Crippen molar-refractivity contribution in [2.24, 2.45) is 0 Å². The maximum atomic E-state index is 13.8. The Morgan fingerprint density at radius 3 is 2.49 bits per heavy atom. The molecule has 7 nitrogen and oxygen atoms in total. The zero-order valence-electron chi connectivity index (χ0n) is 19.9. The number of nitrogens with zero attached hydrogens (tertiary/aromatic N) is 4. The third kappa shape index (κ3) is 5.19. The van der Waals surface area contributed by atoms with Crippen molar-refractivity contribution < 1.29 is 22.6 Å². The first kappa shape index (κ1) is 24.5. The molecule has 0 aliphatic carbocycles. The lowest BCUT2D eigenvalue weighted by Crippen LogP contribution is -2.36. The van der Waals surface area contributed by atoms with Crippen LogP contribution in [0, 0.1) is 0 Å². The number of benzene rings is 2. The summed E-state index contributed by atoms with van der Waals surface area (Å²) < 4.78 is 52.2. The van der Waals surface area contributed by atoms with Gasteiger partial charge in [0.05, 0.1) is 48.2 Å². The number of rotatable bonds is 5. The highest BCUT2D eigenvalue weighted by Crippen LogP contribution is 2.31. The standard InChI is InChI=1S/C27H23F3N4O3/c1-36-25-7-3-5-19(31-25)8-11-24-32-23-10-9-20(33-12-14-37-15-13-33)17-22(23)26(35)34(24)21-6-2-4-18(16-21)27(28,29)30/h2-11,16-17H,12-15H2,1H3/b11-8+. The summed E-state index contributed by atoms with van der Waals surface area (Å²) in [6, 6.07) is 15.2. The van der Waals surface area contributed by atoms with Crippen LogP contribution in [-0.4, -0.2) is 47.9 Å². The van der Waals surface area contributed by atoms with E-state index < -0.39 is 17.3 Å². The van der Waals surface area contributed by atoms with Gasteiger partial charge in [-0.15, -0.1) is 0 Å². The van der Waals surface area contributed by atoms with Crippen LogP contribution in [0.1, 0.15) is 17.1 Å². The first-order chi connectivity index (χ1) is 17.8. The number of pyridine rings is 1. The lowest BCUT2D eigenvalue weighted by molar-refractivity contribution is -0.137. The molecule has 2 aromatic heterocycles. The van der Waals surface area contributed by atoms with E-state index in [-0.39, 0.29) is 11.5 Å². The van der Waals surface area contributed by atoms with Gasteiger partial charge in [0.2, 0.25) is 5.88 Å². The number of hydrogen-bond donors (Lipinski definition) is 0. The van der Waals surface area contributed by atoms with Crippen molar-refractivity contribution in [1.29, 1.82) is 0 Å². The SMILES string of the molecule is COc1cccc(/C=C/c2nc3ccc(N4CCOCC4)cc3c(=O)n2-c2cccc(C(F)(F)F)c2)n1. The summed E-state index contributed by atoms with van der Waals surface area (Å²) >= 11 is 0. The topological polar surface area (TPSA) is 69.5 Å². The smallest absolute Gasteiger partial charge is 0.416 e. The number of hydrogen-bond acceptors (Lipinski definition) is 6. The molecule has 1 saturated heterocycles. The molecule has 0 unspecified atom stereocenters. The van der Waals surface area contributed by atoms with Gasteiger partial charge in [-0.05, 0) is 54.6 Å². The number of halogens is 3. The van der Waals surface area contributed by atoms with Gasteiger partial charge in [-0.3, -0.25) is 9.36 Å². The highest BCUT2D eigenvalue weighted by molar-refractivity contribution is 5.83. The number of alkyl halides is 3. The minimum atomic E-state index is -4.56. The molecule has 0 amide bonds. The lowest BCUT2D eigenvalue weighted by atomic mass is 10.1. The van der Waals surface area contributed by atoms with Crippen LogP contribution in [0.2, 0.25) is 0 Å². The second-order valence-electron chi connectivity index (χ2n) is 8.40. The zero-order chi connectivity index (χ0) is 26.0. The molecule has 1 aliphatic rings. The fourth-order valence-corrected chi connectivity index (χ4v) is 4.19. The average molecular weight is 509 g/mol. The van der Waals surface area contributed by atoms with E-state index in [1.165, 1.54) is 23.8 Å². The Kier molecular flexibility index (Phi) is 6.66. The predicted molar refractivity (Wildman–Crippen MR) is 135 cm³/mol. The van der Waals surface area contributed by atoms with Gasteiger partial charge < -0.3 is 14.4 Å². The number of methoxy groups -OCH3 is 1. The molecule has 3 heterocycles. The second-order valence-corrected chi connectivity index (χ2v) is 8.40. The molecule has 10 heteroatoms. The second kappa shape index (κ2) is 10.1. The molecule has 37 heavy (non-hydrogen) atoms. The van der Waals surface area contributed by atoms with E-state index in [9.17, 15) is 18.0 Å². The van der Waals surface area contributed by atoms with E-state index in [0.717, 1.165) is 17.8 Å². The van der Waals surface area contributed by atoms with Crippen molar-refractivity contribution in [2.75, 3.05) is 38.3 Å². The molecule has 190 valence electrons. The van der Waals surface area contributed by atoms with Crippen LogP contribution >= 0.6 is 0 Å². The minimum Gasteiger partial charge on any atom is -0.481 e. The average Bonchev–Trinajstić information content (AvgIpc) is 2.92. The summed E-state index contributed by atoms with van der Waals surface area (Å²) in [5.74, 6) is 0.570. The maximum absolute atomic E-state index is 13.8. The van der Waals surface area contributed by atoms with E-state index in [1.807, 2.05) is 6.07 Å². The number of aromatic nitrogens is 3. The molecule has 0 N–H and O–H groups in total. The van der Waals surface area contributed by atoms with Crippen LogP contribution < -0.4 is 15.2 Å². The maximum Gasteiger partial charge on any atom is 0.416 e. The van der Waals surface area contributed by atoms with Crippen LogP contribution in [0.25, 0.3) is 28.7 Å². The Morgan fingerprint density at radius 2 is 1.73 bits per heavy atom. The molecule has 0 spiro atoms. The van der Waals surface area contributed by atoms with Crippen molar-refractivity contribution in [1.82, 2.24) is 14.5 Å². The Balaban J connectivity index is 1.68. The Morgan fingerprint density at radius 1 is 0.946 bits per heavy atom. The summed E-state index contributed by atoms with van der Waals surface area (Å²) in [5.41, 5.74) is 0.523. The molecule has 5 rings (SSSR count). The fraction of sp³-hybridized carbons (Fsp3) is 0.222. The van der Waals surface area contributed by atoms with E-state index in [4.69, 9.17) is 9.47 Å². The molecule has 1 fully saturated rings. The van der Waals surface area contributed by atoms with Crippen LogP contribution in [-0.2, 0) is 10.9 Å². The zero-order valence-corrected chi connectivity index (χ0v) is 19.9. The van der Waals surface area contributed by atoms with Gasteiger partial charge in [0.15, 0.2) is 0 Å². The highest BCUT2D eigenvalue weighted by Gasteiger charge is 2.31. The summed E-state index contributed by atoms with van der Waals surface area (Å²) in [7, 11) is 1.50. The van der Waals surface area contributed by atoms with Gasteiger partial charge in [0.1, 0.15) is 5.82 Å². The van der Waals surface area contributed by atoms with E-state index in [1.54, 1.807) is 42.5 Å². The number of ether oxygens (including phenoxy) is 2. The van der Waals surface area contributed by atoms with E-state index in [2.05, 4.69) is 14.9 Å². The van der Waals surface area contributed by atoms with Gasteiger partial charge in [-0.25, -0.2) is 9.97 Å². The minimum absolute atomic E-state index is 0.0595. The fourth-order valence-electron chi connectivity index (χ4n) is 4.19. The lowest BCUT2D eigenvalue weighted by Gasteiger charge is -2.29. The van der Waals surface area contributed by atoms with E-state index >= 15 is 0 Å². The third-order valence-electron chi connectivity index (χ3n) is 6.04. The van der Waals surface area contributed by atoms with Crippen LogP contribution in [0.4, 0.5) is 18.9 Å². The number of fused-ring (bicyclic) bond motifs is 1. The monoisotopic (exact) mass is 508 g/mol. The van der Waals surface area contributed by atoms with Crippen molar-refractivity contribution in [3.05, 3.63) is 88.1 Å². The predicted octanol–water partition coefficient (Wildman–Crippen LogP) is 4.82. The quantitative estimate of drug-likeness (QED) is 0.385. The summed E-state index contributed by atoms with van der Waals surface area (Å²) in [5, 5.41) is 0.304. The Bertz CT molecular complexity index is 1530. The first-order valence-corrected chi connectivity index (χ1v) is 11.6. The summed E-state index contributed by atoms with van der Waals surface area (Å²) in [6.45, 7) is 2.50. The normalized spacial score (nSPS) is 14.4. The van der Waals surface area contributed by atoms with E-state index in [0.29, 0.717) is 48.8 Å². The van der Waals surface area contributed by atoms with Gasteiger partial charge in [-0.2, -0.15) is 13.2 Å². The van der Waals surface area contributed by atoms with Gasteiger partial charge >= 0.3 is 6.18 Å². The van der Waals surface area contributed by atoms with Crippen LogP contribution in [0.3, 0.4) is 0 Å². The van der Waals surface area contributed by atoms with Gasteiger partial charge in [0.25, 0.3) is 5.56 Å². The van der Waals surface area contributed by atoms with Crippen LogP contribution in [0.15, 0.2) is 65.5 Å². The number of morpholine rings is 1. The van der Waals surface area contributed by atoms with Crippen molar-refractivity contribution in [3.8, 4) is 11.6 Å². The van der Waals surface area contributed by atoms with Crippen molar-refractivity contribution >= 4 is 28.7 Å². The third-order valence-corrected chi connectivity index (χ3v) is 6.04. The molecule has 0 radical (unpaired) electrons. The highest BCUT2D eigenvalue weighted by atomic mass is 19.4. The first-order valence-electron chi connectivity index (χ1n) is 11.6. The summed E-state index contributed by atoms with van der Waals surface area (Å²) in [6.07, 6.45) is -1.38. The molecule has 4 aromatic rings. The van der Waals surface area contributed by atoms with Gasteiger partial charge in [-0.1, -0.05) is 12.1 Å². The summed E-state index contributed by atoms with van der Waals surface area (Å²) in [4.78, 5) is 24.8. The Labute approximate surface area is 210 Å². The Hall–Kier alpha value is -4.18. The molecule has 0 atom stereocenters.